The zero-order chi connectivity index (χ0) is 33.6. The number of urea groups is 1. The third-order valence-corrected chi connectivity index (χ3v) is 7.44. The smallest absolute Gasteiger partial charge is 0.450 e. The summed E-state index contributed by atoms with van der Waals surface area (Å²) in [7, 11) is 0. The Morgan fingerprint density at radius 2 is 1.35 bits per heavy atom. The Morgan fingerprint density at radius 1 is 0.870 bits per heavy atom. The average molecular weight is 645 g/mol. The number of carbonyl (C=O) groups excluding carboxylic acids is 4. The van der Waals surface area contributed by atoms with Crippen LogP contribution in [0.25, 0.3) is 0 Å². The van der Waals surface area contributed by atoms with Crippen molar-refractivity contribution in [2.45, 2.75) is 51.4 Å². The van der Waals surface area contributed by atoms with Gasteiger partial charge in [-0.2, -0.15) is 0 Å². The first-order valence-electron chi connectivity index (χ1n) is 14.1. The van der Waals surface area contributed by atoms with Crippen LogP contribution in [0.4, 0.5) is 44.6 Å². The SMILES string of the molecule is CCOC(=O)Nc1cnccc1C(C)C1(C(C)c2ccncc2NC(=O)OCC)NC(=O)N(c2ccc(OC(F)(F)F)cc2)C1=O. The van der Waals surface area contributed by atoms with Gasteiger partial charge >= 0.3 is 24.6 Å². The minimum absolute atomic E-state index is 0.0301. The summed E-state index contributed by atoms with van der Waals surface area (Å²) in [4.78, 5) is 62.0. The first-order chi connectivity index (χ1) is 21.8. The lowest BCUT2D eigenvalue weighted by atomic mass is 9.69. The molecule has 13 nitrogen and oxygen atoms in total. The topological polar surface area (TPSA) is 161 Å². The first-order valence-corrected chi connectivity index (χ1v) is 14.1. The van der Waals surface area contributed by atoms with Gasteiger partial charge in [-0.15, -0.1) is 13.2 Å². The number of benzene rings is 1. The molecule has 2 aromatic heterocycles. The van der Waals surface area contributed by atoms with E-state index < -0.39 is 53.6 Å². The molecule has 1 aliphatic rings. The van der Waals surface area contributed by atoms with E-state index in [4.69, 9.17) is 9.47 Å². The lowest BCUT2D eigenvalue weighted by molar-refractivity contribution is -0.274. The molecule has 0 saturated carbocycles. The maximum atomic E-state index is 14.6. The number of amides is 5. The lowest BCUT2D eigenvalue weighted by Crippen LogP contribution is -2.55. The largest absolute Gasteiger partial charge is 0.573 e. The van der Waals surface area contributed by atoms with Gasteiger partial charge in [0, 0.05) is 24.2 Å². The van der Waals surface area contributed by atoms with Crippen molar-refractivity contribution in [3.05, 3.63) is 72.3 Å². The molecule has 1 aromatic carbocycles. The van der Waals surface area contributed by atoms with Crippen LogP contribution < -0.4 is 25.6 Å². The van der Waals surface area contributed by atoms with Crippen LogP contribution >= 0.6 is 0 Å². The summed E-state index contributed by atoms with van der Waals surface area (Å²) in [5.41, 5.74) is -0.640. The first kappa shape index (κ1) is 33.5. The van der Waals surface area contributed by atoms with E-state index in [9.17, 15) is 32.3 Å². The molecule has 5 amide bonds. The number of rotatable bonds is 10. The number of anilines is 3. The van der Waals surface area contributed by atoms with Gasteiger partial charge in [-0.05, 0) is 61.4 Å². The molecule has 0 bridgehead atoms. The maximum Gasteiger partial charge on any atom is 0.573 e. The number of alkyl halides is 3. The standard InChI is InChI=1S/C30H31F3N6O7/c1-5-44-27(42)36-23-15-34-13-11-21(23)17(3)29(18(4)22-12-14-35-16-24(22)37-28(43)45-6-2)25(40)39(26(41)38-29)19-7-9-20(10-8-19)46-30(31,32)33/h7-18H,5-6H2,1-4H3,(H,36,42)(H,37,43)(H,38,41). The van der Waals surface area contributed by atoms with E-state index >= 15 is 0 Å². The third-order valence-electron chi connectivity index (χ3n) is 7.44. The normalized spacial score (nSPS) is 17.5. The fraction of sp³-hybridized carbons (Fsp3) is 0.333. The number of pyridine rings is 2. The number of carbonyl (C=O) groups is 4. The predicted molar refractivity (Wildman–Crippen MR) is 158 cm³/mol. The van der Waals surface area contributed by atoms with Gasteiger partial charge in [0.1, 0.15) is 11.3 Å². The van der Waals surface area contributed by atoms with Gasteiger partial charge in [-0.25, -0.2) is 19.3 Å². The van der Waals surface area contributed by atoms with Crippen LogP contribution in [-0.4, -0.2) is 59.2 Å². The van der Waals surface area contributed by atoms with Crippen LogP contribution in [0, 0.1) is 0 Å². The van der Waals surface area contributed by atoms with Crippen LogP contribution in [0.3, 0.4) is 0 Å². The molecule has 0 spiro atoms. The minimum atomic E-state index is -4.94. The highest BCUT2D eigenvalue weighted by Gasteiger charge is 2.59. The maximum absolute atomic E-state index is 14.6. The van der Waals surface area contributed by atoms with Crippen molar-refractivity contribution in [3.8, 4) is 5.75 Å². The summed E-state index contributed by atoms with van der Waals surface area (Å²) in [6, 6.07) is 6.51. The van der Waals surface area contributed by atoms with Crippen LogP contribution in [0.15, 0.2) is 61.2 Å². The van der Waals surface area contributed by atoms with E-state index in [0.29, 0.717) is 11.1 Å². The van der Waals surface area contributed by atoms with Crippen molar-refractivity contribution in [2.24, 2.45) is 0 Å². The van der Waals surface area contributed by atoms with Crippen LogP contribution in [0.2, 0.25) is 0 Å². The molecule has 16 heteroatoms. The van der Waals surface area contributed by atoms with Crippen molar-refractivity contribution < 1.29 is 46.6 Å². The van der Waals surface area contributed by atoms with Crippen molar-refractivity contribution in [2.75, 3.05) is 28.7 Å². The summed E-state index contributed by atoms with van der Waals surface area (Å²) < 4.78 is 52.2. The number of aromatic nitrogens is 2. The second-order valence-corrected chi connectivity index (χ2v) is 10.0. The molecular formula is C30H31F3N6O7. The Labute approximate surface area is 261 Å². The third kappa shape index (κ3) is 6.95. The second kappa shape index (κ2) is 13.7. The Morgan fingerprint density at radius 3 is 1.78 bits per heavy atom. The van der Waals surface area contributed by atoms with Crippen molar-refractivity contribution in [1.82, 2.24) is 15.3 Å². The summed E-state index contributed by atoms with van der Waals surface area (Å²) in [5, 5.41) is 8.04. The fourth-order valence-electron chi connectivity index (χ4n) is 5.38. The molecule has 4 rings (SSSR count). The number of halogens is 3. The highest BCUT2D eigenvalue weighted by Crippen LogP contribution is 2.47. The molecule has 2 unspecified atom stereocenters. The van der Waals surface area contributed by atoms with E-state index in [2.05, 4.69) is 30.7 Å². The van der Waals surface area contributed by atoms with Gasteiger partial charge in [-0.1, -0.05) is 13.8 Å². The van der Waals surface area contributed by atoms with Gasteiger partial charge in [0.2, 0.25) is 0 Å². The zero-order valence-electron chi connectivity index (χ0n) is 25.2. The number of nitrogens with one attached hydrogen (secondary N) is 3. The fourth-order valence-corrected chi connectivity index (χ4v) is 5.38. The van der Waals surface area contributed by atoms with Gasteiger partial charge in [0.15, 0.2) is 0 Å². The van der Waals surface area contributed by atoms with Crippen molar-refractivity contribution >= 4 is 41.2 Å². The Kier molecular flexibility index (Phi) is 9.98. The predicted octanol–water partition coefficient (Wildman–Crippen LogP) is 5.91. The minimum Gasteiger partial charge on any atom is -0.450 e. The summed E-state index contributed by atoms with van der Waals surface area (Å²) in [6.07, 6.45) is -0.879. The highest BCUT2D eigenvalue weighted by atomic mass is 19.4. The van der Waals surface area contributed by atoms with Crippen LogP contribution in [-0.2, 0) is 14.3 Å². The molecule has 3 N–H and O–H groups in total. The van der Waals surface area contributed by atoms with Gasteiger partial charge in [0.25, 0.3) is 5.91 Å². The number of ether oxygens (including phenoxy) is 3. The molecule has 1 fully saturated rings. The van der Waals surface area contributed by atoms with E-state index in [1.807, 2.05) is 0 Å². The molecule has 0 aliphatic carbocycles. The molecule has 2 atom stereocenters. The molecule has 1 saturated heterocycles. The van der Waals surface area contributed by atoms with E-state index in [1.54, 1.807) is 39.8 Å². The van der Waals surface area contributed by atoms with Crippen molar-refractivity contribution in [3.63, 3.8) is 0 Å². The van der Waals surface area contributed by atoms with E-state index in [-0.39, 0.29) is 30.3 Å². The number of hydrogen-bond acceptors (Lipinski definition) is 9. The molecule has 1 aliphatic heterocycles. The van der Waals surface area contributed by atoms with Crippen molar-refractivity contribution in [1.29, 1.82) is 0 Å². The van der Waals surface area contributed by atoms with E-state index in [0.717, 1.165) is 29.2 Å². The summed E-state index contributed by atoms with van der Waals surface area (Å²) >= 11 is 0. The monoisotopic (exact) mass is 644 g/mol. The van der Waals surface area contributed by atoms with Crippen LogP contribution in [0.5, 0.6) is 5.75 Å². The molecule has 46 heavy (non-hydrogen) atoms. The molecule has 3 heterocycles. The highest BCUT2D eigenvalue weighted by molar-refractivity contribution is 6.24. The summed E-state index contributed by atoms with van der Waals surface area (Å²) in [6.45, 7) is 6.75. The van der Waals surface area contributed by atoms with Crippen LogP contribution in [0.1, 0.15) is 50.7 Å². The second-order valence-electron chi connectivity index (χ2n) is 10.0. The van der Waals surface area contributed by atoms with Gasteiger partial charge < -0.3 is 19.5 Å². The summed E-state index contributed by atoms with van der Waals surface area (Å²) in [5.74, 6) is -3.12. The Hall–Kier alpha value is -5.41. The Bertz CT molecular complexity index is 1530. The molecule has 244 valence electrons. The number of imide groups is 1. The zero-order valence-corrected chi connectivity index (χ0v) is 25.2. The lowest BCUT2D eigenvalue weighted by Gasteiger charge is -2.39. The van der Waals surface area contributed by atoms with Gasteiger partial charge in [0.05, 0.1) is 42.7 Å². The molecule has 0 radical (unpaired) electrons. The number of nitrogens with zero attached hydrogens (tertiary/aromatic N) is 3. The Balaban J connectivity index is 1.85. The van der Waals surface area contributed by atoms with Gasteiger partial charge in [-0.3, -0.25) is 25.4 Å². The molecule has 3 aromatic rings. The molecular weight excluding hydrogens is 613 g/mol. The number of hydrogen-bond donors (Lipinski definition) is 3. The average Bonchev–Trinajstić information content (AvgIpc) is 3.27. The quantitative estimate of drug-likeness (QED) is 0.228. The van der Waals surface area contributed by atoms with E-state index in [1.165, 1.54) is 24.8 Å².